The molecular formula is C17H17FN2O2S. The smallest absolute Gasteiger partial charge is 0.237 e. The van der Waals surface area contributed by atoms with Crippen LogP contribution in [0, 0.1) is 5.82 Å². The lowest BCUT2D eigenvalue weighted by atomic mass is 10.3. The number of amides is 2. The van der Waals surface area contributed by atoms with Crippen molar-refractivity contribution in [2.24, 2.45) is 0 Å². The molecule has 2 aromatic carbocycles. The van der Waals surface area contributed by atoms with Gasteiger partial charge in [0.15, 0.2) is 0 Å². The second-order valence-electron chi connectivity index (χ2n) is 4.96. The Kier molecular flexibility index (Phi) is 5.76. The Morgan fingerprint density at radius 3 is 2.04 bits per heavy atom. The van der Waals surface area contributed by atoms with Crippen molar-refractivity contribution in [1.82, 2.24) is 0 Å². The third-order valence-electron chi connectivity index (χ3n) is 2.97. The van der Waals surface area contributed by atoms with Crippen LogP contribution in [0.15, 0.2) is 53.4 Å². The number of anilines is 2. The van der Waals surface area contributed by atoms with Crippen LogP contribution in [0.2, 0.25) is 0 Å². The average Bonchev–Trinajstić information content (AvgIpc) is 2.51. The monoisotopic (exact) mass is 332 g/mol. The van der Waals surface area contributed by atoms with Gasteiger partial charge in [-0.05, 0) is 55.5 Å². The Bertz CT molecular complexity index is 687. The zero-order chi connectivity index (χ0) is 16.8. The third kappa shape index (κ3) is 5.41. The maximum Gasteiger partial charge on any atom is 0.237 e. The molecule has 0 aliphatic carbocycles. The van der Waals surface area contributed by atoms with Crippen LogP contribution < -0.4 is 10.6 Å². The van der Waals surface area contributed by atoms with Crippen molar-refractivity contribution in [3.8, 4) is 0 Å². The van der Waals surface area contributed by atoms with Crippen molar-refractivity contribution in [2.75, 3.05) is 10.6 Å². The minimum atomic E-state index is -0.343. The zero-order valence-electron chi connectivity index (χ0n) is 12.8. The van der Waals surface area contributed by atoms with Gasteiger partial charge >= 0.3 is 0 Å². The number of hydrogen-bond donors (Lipinski definition) is 2. The molecule has 2 rings (SSSR count). The van der Waals surface area contributed by atoms with E-state index in [1.807, 2.05) is 12.1 Å². The van der Waals surface area contributed by atoms with Gasteiger partial charge in [0.2, 0.25) is 11.8 Å². The highest BCUT2D eigenvalue weighted by Gasteiger charge is 2.14. The van der Waals surface area contributed by atoms with Crippen LogP contribution in [-0.4, -0.2) is 17.1 Å². The number of carbonyl (C=O) groups is 2. The lowest BCUT2D eigenvalue weighted by Gasteiger charge is -2.12. The Hall–Kier alpha value is -2.34. The van der Waals surface area contributed by atoms with Gasteiger partial charge in [0.05, 0.1) is 5.25 Å². The number of thioether (sulfide) groups is 1. The summed E-state index contributed by atoms with van der Waals surface area (Å²) in [5.74, 6) is -0.630. The molecule has 0 radical (unpaired) electrons. The molecule has 0 aliphatic rings. The van der Waals surface area contributed by atoms with Gasteiger partial charge in [-0.1, -0.05) is 0 Å². The number of nitrogens with one attached hydrogen (secondary N) is 2. The highest BCUT2D eigenvalue weighted by molar-refractivity contribution is 8.00. The normalized spacial score (nSPS) is 11.6. The van der Waals surface area contributed by atoms with Crippen molar-refractivity contribution in [3.05, 3.63) is 54.3 Å². The van der Waals surface area contributed by atoms with Gasteiger partial charge in [0.1, 0.15) is 5.82 Å². The molecule has 2 N–H and O–H groups in total. The van der Waals surface area contributed by atoms with Crippen LogP contribution in [-0.2, 0) is 9.59 Å². The van der Waals surface area contributed by atoms with Gasteiger partial charge in [0.25, 0.3) is 0 Å². The maximum absolute atomic E-state index is 12.8. The molecule has 0 saturated heterocycles. The van der Waals surface area contributed by atoms with Crippen molar-refractivity contribution in [1.29, 1.82) is 0 Å². The van der Waals surface area contributed by atoms with E-state index in [4.69, 9.17) is 0 Å². The van der Waals surface area contributed by atoms with Gasteiger partial charge in [-0.25, -0.2) is 4.39 Å². The zero-order valence-corrected chi connectivity index (χ0v) is 13.6. The van der Waals surface area contributed by atoms with E-state index in [1.165, 1.54) is 43.0 Å². The molecule has 4 nitrogen and oxygen atoms in total. The van der Waals surface area contributed by atoms with E-state index in [-0.39, 0.29) is 22.9 Å². The minimum Gasteiger partial charge on any atom is -0.326 e. The van der Waals surface area contributed by atoms with Crippen LogP contribution >= 0.6 is 11.8 Å². The topological polar surface area (TPSA) is 58.2 Å². The summed E-state index contributed by atoms with van der Waals surface area (Å²) < 4.78 is 12.8. The molecule has 0 saturated carbocycles. The average molecular weight is 332 g/mol. The van der Waals surface area contributed by atoms with Gasteiger partial charge < -0.3 is 10.6 Å². The van der Waals surface area contributed by atoms with E-state index in [1.54, 1.807) is 19.1 Å². The molecule has 0 fully saturated rings. The summed E-state index contributed by atoms with van der Waals surface area (Å²) in [6.45, 7) is 3.25. The van der Waals surface area contributed by atoms with E-state index in [2.05, 4.69) is 10.6 Å². The standard InChI is InChI=1S/C17H17FN2O2S/c1-11(17(22)20-15-5-3-13(18)4-6-15)23-16-9-7-14(8-10-16)19-12(2)21/h3-11H,1-2H3,(H,19,21)(H,20,22). The number of carbonyl (C=O) groups excluding carboxylic acids is 2. The summed E-state index contributed by atoms with van der Waals surface area (Å²) in [5, 5.41) is 5.12. The van der Waals surface area contributed by atoms with Crippen molar-refractivity contribution in [3.63, 3.8) is 0 Å². The first-order chi connectivity index (χ1) is 10.9. The van der Waals surface area contributed by atoms with E-state index in [0.29, 0.717) is 11.4 Å². The molecule has 2 aromatic rings. The largest absolute Gasteiger partial charge is 0.326 e. The maximum atomic E-state index is 12.8. The first-order valence-corrected chi connectivity index (χ1v) is 7.93. The van der Waals surface area contributed by atoms with Crippen molar-refractivity contribution < 1.29 is 14.0 Å². The first kappa shape index (κ1) is 17.0. The molecule has 2 amide bonds. The van der Waals surface area contributed by atoms with E-state index in [9.17, 15) is 14.0 Å². The van der Waals surface area contributed by atoms with Crippen LogP contribution in [0.25, 0.3) is 0 Å². The number of benzene rings is 2. The Balaban J connectivity index is 1.92. The Morgan fingerprint density at radius 2 is 1.48 bits per heavy atom. The summed E-state index contributed by atoms with van der Waals surface area (Å²) in [6.07, 6.45) is 0. The summed E-state index contributed by atoms with van der Waals surface area (Å²) in [7, 11) is 0. The van der Waals surface area contributed by atoms with Gasteiger partial charge in [-0.15, -0.1) is 11.8 Å². The number of hydrogen-bond acceptors (Lipinski definition) is 3. The SMILES string of the molecule is CC(=O)Nc1ccc(SC(C)C(=O)Nc2ccc(F)cc2)cc1. The molecule has 0 spiro atoms. The lowest BCUT2D eigenvalue weighted by molar-refractivity contribution is -0.115. The van der Waals surface area contributed by atoms with E-state index < -0.39 is 0 Å². The Labute approximate surface area is 138 Å². The van der Waals surface area contributed by atoms with E-state index >= 15 is 0 Å². The first-order valence-electron chi connectivity index (χ1n) is 7.05. The predicted molar refractivity (Wildman–Crippen MR) is 91.1 cm³/mol. The second-order valence-corrected chi connectivity index (χ2v) is 6.38. The van der Waals surface area contributed by atoms with Crippen LogP contribution in [0.3, 0.4) is 0 Å². The summed E-state index contributed by atoms with van der Waals surface area (Å²) >= 11 is 1.40. The molecule has 0 heterocycles. The molecule has 1 atom stereocenters. The Morgan fingerprint density at radius 1 is 0.957 bits per heavy atom. The van der Waals surface area contributed by atoms with Crippen LogP contribution in [0.5, 0.6) is 0 Å². The second kappa shape index (κ2) is 7.78. The molecule has 23 heavy (non-hydrogen) atoms. The fraction of sp³-hybridized carbons (Fsp3) is 0.176. The predicted octanol–water partition coefficient (Wildman–Crippen LogP) is 3.90. The summed E-state index contributed by atoms with van der Waals surface area (Å²) in [4.78, 5) is 24.0. The molecule has 0 aliphatic heterocycles. The highest BCUT2D eigenvalue weighted by Crippen LogP contribution is 2.25. The molecule has 120 valence electrons. The quantitative estimate of drug-likeness (QED) is 0.816. The fourth-order valence-electron chi connectivity index (χ4n) is 1.85. The third-order valence-corrected chi connectivity index (χ3v) is 4.08. The van der Waals surface area contributed by atoms with E-state index in [0.717, 1.165) is 4.90 Å². The molecular weight excluding hydrogens is 315 g/mol. The highest BCUT2D eigenvalue weighted by atomic mass is 32.2. The van der Waals surface area contributed by atoms with Crippen LogP contribution in [0.1, 0.15) is 13.8 Å². The number of rotatable bonds is 5. The molecule has 0 aromatic heterocycles. The number of halogens is 1. The van der Waals surface area contributed by atoms with Crippen molar-refractivity contribution >= 4 is 35.0 Å². The minimum absolute atomic E-state index is 0.127. The summed E-state index contributed by atoms with van der Waals surface area (Å²) in [6, 6.07) is 12.9. The van der Waals surface area contributed by atoms with Gasteiger partial charge in [-0.2, -0.15) is 0 Å². The van der Waals surface area contributed by atoms with Gasteiger partial charge in [0, 0.05) is 23.2 Å². The molecule has 6 heteroatoms. The van der Waals surface area contributed by atoms with Crippen molar-refractivity contribution in [2.45, 2.75) is 24.0 Å². The van der Waals surface area contributed by atoms with Crippen LogP contribution in [0.4, 0.5) is 15.8 Å². The molecule has 0 bridgehead atoms. The van der Waals surface area contributed by atoms with Gasteiger partial charge in [-0.3, -0.25) is 9.59 Å². The summed E-state index contributed by atoms with van der Waals surface area (Å²) in [5.41, 5.74) is 1.27. The lowest BCUT2D eigenvalue weighted by Crippen LogP contribution is -2.22. The molecule has 1 unspecified atom stereocenters. The fourth-order valence-corrected chi connectivity index (χ4v) is 2.72.